The van der Waals surface area contributed by atoms with Gasteiger partial charge in [0.05, 0.1) is 0 Å². The number of esters is 1. The molecule has 4 aliphatic carbocycles. The van der Waals surface area contributed by atoms with Crippen molar-refractivity contribution in [2.45, 2.75) is 78.7 Å². The van der Waals surface area contributed by atoms with Crippen LogP contribution >= 0.6 is 11.6 Å². The molecule has 0 bridgehead atoms. The highest BCUT2D eigenvalue weighted by atomic mass is 35.5. The summed E-state index contributed by atoms with van der Waals surface area (Å²) in [5.74, 6) is 0.984. The molecule has 2 saturated carbocycles. The van der Waals surface area contributed by atoms with Crippen molar-refractivity contribution >= 4 is 23.9 Å². The summed E-state index contributed by atoms with van der Waals surface area (Å²) < 4.78 is 5.53. The molecule has 0 aromatic heterocycles. The fraction of sp³-hybridized carbons (Fsp3) is 0.739. The Hall–Kier alpha value is -1.09. The second kappa shape index (κ2) is 6.20. The molecule has 27 heavy (non-hydrogen) atoms. The van der Waals surface area contributed by atoms with E-state index in [0.29, 0.717) is 11.8 Å². The van der Waals surface area contributed by atoms with Gasteiger partial charge in [-0.15, -0.1) is 0 Å². The van der Waals surface area contributed by atoms with E-state index in [1.807, 2.05) is 0 Å². The topological polar surface area (TPSA) is 43.4 Å². The van der Waals surface area contributed by atoms with E-state index in [1.54, 1.807) is 0 Å². The second-order valence-corrected chi connectivity index (χ2v) is 10.4. The van der Waals surface area contributed by atoms with E-state index in [2.05, 4.69) is 26.8 Å². The largest absolute Gasteiger partial charge is 0.462 e. The monoisotopic (exact) mass is 390 g/mol. The van der Waals surface area contributed by atoms with Gasteiger partial charge in [-0.3, -0.25) is 9.59 Å². The zero-order valence-electron chi connectivity index (χ0n) is 16.9. The quantitative estimate of drug-likeness (QED) is 0.351. The van der Waals surface area contributed by atoms with E-state index in [9.17, 15) is 9.59 Å². The van der Waals surface area contributed by atoms with Crippen LogP contribution in [0, 0.1) is 28.1 Å². The van der Waals surface area contributed by atoms with Crippen LogP contribution < -0.4 is 0 Å². The van der Waals surface area contributed by atoms with Crippen LogP contribution in [0.25, 0.3) is 0 Å². The molecule has 0 radical (unpaired) electrons. The lowest BCUT2D eigenvalue weighted by molar-refractivity contribution is -0.149. The molecule has 0 saturated heterocycles. The molecule has 0 aromatic carbocycles. The lowest BCUT2D eigenvalue weighted by atomic mass is 9.43. The molecule has 4 heteroatoms. The third-order valence-electron chi connectivity index (χ3n) is 8.92. The Morgan fingerprint density at radius 2 is 1.96 bits per heavy atom. The molecular weight excluding hydrogens is 360 g/mol. The summed E-state index contributed by atoms with van der Waals surface area (Å²) in [4.78, 5) is 23.0. The molecule has 4 aliphatic rings. The van der Waals surface area contributed by atoms with Gasteiger partial charge < -0.3 is 4.74 Å². The number of hydrogen-bond donors (Lipinski definition) is 0. The van der Waals surface area contributed by atoms with Gasteiger partial charge in [0.1, 0.15) is 12.4 Å². The van der Waals surface area contributed by atoms with Crippen LogP contribution in [0.15, 0.2) is 22.3 Å². The third-order valence-corrected chi connectivity index (χ3v) is 9.58. The molecule has 6 atom stereocenters. The molecule has 0 unspecified atom stereocenters. The van der Waals surface area contributed by atoms with Crippen molar-refractivity contribution < 1.29 is 14.3 Å². The fourth-order valence-electron chi connectivity index (χ4n) is 7.13. The predicted molar refractivity (Wildman–Crippen MR) is 106 cm³/mol. The van der Waals surface area contributed by atoms with Crippen LogP contribution in [-0.4, -0.2) is 18.4 Å². The van der Waals surface area contributed by atoms with Gasteiger partial charge in [-0.05, 0) is 61.2 Å². The molecule has 0 aliphatic heterocycles. The molecule has 0 heterocycles. The maximum Gasteiger partial charge on any atom is 0.302 e. The normalized spacial score (nSPS) is 46.1. The minimum Gasteiger partial charge on any atom is -0.462 e. The van der Waals surface area contributed by atoms with Crippen molar-refractivity contribution in [2.24, 2.45) is 28.1 Å². The number of carbonyl (C=O) groups excluding carboxylic acids is 2. The van der Waals surface area contributed by atoms with E-state index < -0.39 is 0 Å². The van der Waals surface area contributed by atoms with Crippen molar-refractivity contribution in [3.63, 3.8) is 0 Å². The first-order chi connectivity index (χ1) is 12.7. The molecule has 2 fully saturated rings. The van der Waals surface area contributed by atoms with Crippen LogP contribution in [0.3, 0.4) is 0 Å². The van der Waals surface area contributed by atoms with Crippen LogP contribution in [-0.2, 0) is 14.3 Å². The Morgan fingerprint density at radius 1 is 1.22 bits per heavy atom. The highest BCUT2D eigenvalue weighted by Gasteiger charge is 2.63. The van der Waals surface area contributed by atoms with Crippen molar-refractivity contribution in [2.75, 3.05) is 0 Å². The number of aldehydes is 1. The maximum atomic E-state index is 11.6. The Balaban J connectivity index is 1.66. The Morgan fingerprint density at radius 3 is 2.63 bits per heavy atom. The van der Waals surface area contributed by atoms with Gasteiger partial charge in [-0.1, -0.05) is 44.0 Å². The van der Waals surface area contributed by atoms with E-state index in [0.717, 1.165) is 61.8 Å². The van der Waals surface area contributed by atoms with Gasteiger partial charge in [0.2, 0.25) is 0 Å². The zero-order valence-corrected chi connectivity index (χ0v) is 17.7. The molecule has 0 aromatic rings. The summed E-state index contributed by atoms with van der Waals surface area (Å²) in [6, 6.07) is 0. The lowest BCUT2D eigenvalue weighted by Crippen LogP contribution is -2.54. The smallest absolute Gasteiger partial charge is 0.302 e. The van der Waals surface area contributed by atoms with Crippen molar-refractivity contribution in [3.05, 3.63) is 22.3 Å². The minimum atomic E-state index is -0.174. The van der Waals surface area contributed by atoms with E-state index in [1.165, 1.54) is 12.5 Å². The van der Waals surface area contributed by atoms with Crippen LogP contribution in [0.2, 0.25) is 0 Å². The summed E-state index contributed by atoms with van der Waals surface area (Å²) >= 11 is 6.74. The van der Waals surface area contributed by atoms with E-state index >= 15 is 0 Å². The van der Waals surface area contributed by atoms with Gasteiger partial charge in [0.15, 0.2) is 0 Å². The van der Waals surface area contributed by atoms with Crippen molar-refractivity contribution in [1.29, 1.82) is 0 Å². The Labute approximate surface area is 167 Å². The molecule has 3 nitrogen and oxygen atoms in total. The predicted octanol–water partition coefficient (Wildman–Crippen LogP) is 5.57. The Bertz CT molecular complexity index is 753. The molecule has 0 amide bonds. The van der Waals surface area contributed by atoms with E-state index in [-0.39, 0.29) is 28.3 Å². The van der Waals surface area contributed by atoms with Gasteiger partial charge in [-0.2, -0.15) is 0 Å². The second-order valence-electron chi connectivity index (χ2n) is 9.99. The number of allylic oxidation sites excluding steroid dienone is 3. The van der Waals surface area contributed by atoms with Gasteiger partial charge in [0, 0.05) is 29.4 Å². The number of ether oxygens (including phenoxy) is 1. The number of rotatable bonds is 2. The standard InChI is InChI=1S/C23H31ClO3/c1-14(26)27-17-7-9-21(2)16(11-17)5-6-19-18(21)8-10-22(3)20(24)15(13-25)12-23(19,22)4/h5,13,17-19H,6-12H2,1-4H3/t17-,18-,19+,21-,22+,23-/m0/s1. The Kier molecular flexibility index (Phi) is 4.42. The first kappa shape index (κ1) is 19.2. The van der Waals surface area contributed by atoms with Crippen molar-refractivity contribution in [1.82, 2.24) is 0 Å². The first-order valence-electron chi connectivity index (χ1n) is 10.4. The molecule has 4 rings (SSSR count). The van der Waals surface area contributed by atoms with Gasteiger partial charge >= 0.3 is 5.97 Å². The van der Waals surface area contributed by atoms with Crippen LogP contribution in [0.1, 0.15) is 72.6 Å². The van der Waals surface area contributed by atoms with Gasteiger partial charge in [-0.25, -0.2) is 0 Å². The van der Waals surface area contributed by atoms with Crippen LogP contribution in [0.4, 0.5) is 0 Å². The number of carbonyl (C=O) groups is 2. The highest BCUT2D eigenvalue weighted by molar-refractivity contribution is 6.32. The summed E-state index contributed by atoms with van der Waals surface area (Å²) in [7, 11) is 0. The summed E-state index contributed by atoms with van der Waals surface area (Å²) in [6.07, 6.45) is 10.4. The number of hydrogen-bond acceptors (Lipinski definition) is 3. The average Bonchev–Trinajstić information content (AvgIpc) is 2.82. The fourth-order valence-corrected chi connectivity index (χ4v) is 7.55. The lowest BCUT2D eigenvalue weighted by Gasteiger charge is -2.61. The van der Waals surface area contributed by atoms with E-state index in [4.69, 9.17) is 16.3 Å². The first-order valence-corrected chi connectivity index (χ1v) is 10.7. The minimum absolute atomic E-state index is 0.0343. The molecular formula is C23H31ClO3. The SMILES string of the molecule is CC(=O)O[C@H]1CC[C@@]2(C)C(=CC[C@@H]3[C@@H]2CC[C@]2(C)C(Cl)=C(C=O)C[C@@]32C)C1. The zero-order chi connectivity index (χ0) is 19.6. The highest BCUT2D eigenvalue weighted by Crippen LogP contribution is 2.71. The van der Waals surface area contributed by atoms with Crippen LogP contribution in [0.5, 0.6) is 0 Å². The van der Waals surface area contributed by atoms with Gasteiger partial charge in [0.25, 0.3) is 0 Å². The molecule has 0 N–H and O–H groups in total. The summed E-state index contributed by atoms with van der Waals surface area (Å²) in [6.45, 7) is 8.58. The third kappa shape index (κ3) is 2.53. The molecule has 0 spiro atoms. The number of halogens is 1. The molecule has 148 valence electrons. The summed E-state index contributed by atoms with van der Waals surface area (Å²) in [5.41, 5.74) is 2.45. The maximum absolute atomic E-state index is 11.6. The number of fused-ring (bicyclic) bond motifs is 5. The van der Waals surface area contributed by atoms with Crippen molar-refractivity contribution in [3.8, 4) is 0 Å². The summed E-state index contributed by atoms with van der Waals surface area (Å²) in [5, 5.41) is 0.817. The average molecular weight is 391 g/mol.